The van der Waals surface area contributed by atoms with E-state index >= 15 is 0 Å². The number of esters is 2. The summed E-state index contributed by atoms with van der Waals surface area (Å²) in [5.41, 5.74) is 0.525. The number of hydrogen-bond acceptors (Lipinski definition) is 8. The lowest BCUT2D eigenvalue weighted by molar-refractivity contribution is -0.479. The molecule has 7 atom stereocenters. The summed E-state index contributed by atoms with van der Waals surface area (Å²) in [7, 11) is 0. The van der Waals surface area contributed by atoms with Crippen molar-refractivity contribution in [2.24, 2.45) is 0 Å². The fraction of sp³-hybridized carbons (Fsp3) is 0.391. The third-order valence-electron chi connectivity index (χ3n) is 5.49. The van der Waals surface area contributed by atoms with E-state index < -0.39 is 55.0 Å². The van der Waals surface area contributed by atoms with E-state index in [0.717, 1.165) is 0 Å². The molecule has 1 saturated carbocycles. The summed E-state index contributed by atoms with van der Waals surface area (Å²) in [6.45, 7) is -1.04. The molecule has 35 heavy (non-hydrogen) atoms. The average Bonchev–Trinajstić information content (AvgIpc) is 2.86. The van der Waals surface area contributed by atoms with Crippen molar-refractivity contribution in [1.29, 1.82) is 0 Å². The molecule has 2 aromatic rings. The topological polar surface area (TPSA) is 101 Å². The lowest BCUT2D eigenvalue weighted by Crippen LogP contribution is -2.76. The maximum absolute atomic E-state index is 12.6. The molecule has 1 aliphatic carbocycles. The Morgan fingerprint density at radius 3 is 1.46 bits per heavy atom. The molecular formula is C23H20Cl4O8. The average molecular weight is 566 g/mol. The third kappa shape index (κ3) is 5.87. The van der Waals surface area contributed by atoms with Crippen molar-refractivity contribution in [3.63, 3.8) is 0 Å². The zero-order valence-corrected chi connectivity index (χ0v) is 20.9. The lowest BCUT2D eigenvalue weighted by atomic mass is 9.82. The van der Waals surface area contributed by atoms with Crippen LogP contribution in [0.4, 0.5) is 0 Å². The second-order valence-corrected chi connectivity index (χ2v) is 9.34. The Morgan fingerprint density at radius 1 is 0.714 bits per heavy atom. The van der Waals surface area contributed by atoms with Gasteiger partial charge in [-0.15, -0.1) is 23.2 Å². The quantitative estimate of drug-likeness (QED) is 0.428. The van der Waals surface area contributed by atoms with Crippen LogP contribution >= 0.6 is 46.4 Å². The highest BCUT2D eigenvalue weighted by atomic mass is 35.5. The van der Waals surface area contributed by atoms with Gasteiger partial charge in [-0.2, -0.15) is 0 Å². The first-order valence-corrected chi connectivity index (χ1v) is 12.3. The molecule has 8 nitrogen and oxygen atoms in total. The van der Waals surface area contributed by atoms with Gasteiger partial charge < -0.3 is 28.8 Å². The second kappa shape index (κ2) is 11.6. The number of aliphatic hydroxyl groups is 1. The molecule has 0 radical (unpaired) electrons. The van der Waals surface area contributed by atoms with E-state index in [1.807, 2.05) is 0 Å². The van der Waals surface area contributed by atoms with Crippen molar-refractivity contribution in [3.05, 3.63) is 69.7 Å². The van der Waals surface area contributed by atoms with Gasteiger partial charge in [0.05, 0.1) is 11.1 Å². The van der Waals surface area contributed by atoms with Gasteiger partial charge in [0.2, 0.25) is 0 Å². The molecule has 3 aliphatic heterocycles. The van der Waals surface area contributed by atoms with Crippen LogP contribution in [0, 0.1) is 0 Å². The Bertz CT molecular complexity index is 955. The molecule has 0 amide bonds. The van der Waals surface area contributed by atoms with E-state index in [1.165, 1.54) is 24.3 Å². The standard InChI is InChI=1S/C21H16Cl2O8.C2H4Cl2/c22-11-5-1-9(2-6-11)19(25)27-16-14-13(24)15-17(18(16)31-21(29-14)30-15)28-20(26)10-3-7-12(23)8-4-10;3-1-2-4/h1-8,13-18,21,24H;1-2H2/t13?,14-,15+,16-,17-,18?,21?;/m1./s1. The molecule has 6 rings (SSSR count). The summed E-state index contributed by atoms with van der Waals surface area (Å²) < 4.78 is 27.9. The maximum Gasteiger partial charge on any atom is 0.338 e. The highest BCUT2D eigenvalue weighted by Gasteiger charge is 2.64. The molecule has 0 aromatic heterocycles. The minimum Gasteiger partial charge on any atom is -0.453 e. The number of ether oxygens (including phenoxy) is 5. The van der Waals surface area contributed by atoms with E-state index in [9.17, 15) is 14.7 Å². The first-order chi connectivity index (χ1) is 16.8. The first kappa shape index (κ1) is 26.4. The van der Waals surface area contributed by atoms with E-state index in [-0.39, 0.29) is 11.1 Å². The number of rotatable bonds is 5. The number of aliphatic hydroxyl groups excluding tert-OH is 1. The van der Waals surface area contributed by atoms with E-state index in [1.54, 1.807) is 24.3 Å². The minimum absolute atomic E-state index is 0.263. The summed E-state index contributed by atoms with van der Waals surface area (Å²) in [4.78, 5) is 25.3. The second-order valence-electron chi connectivity index (χ2n) is 7.71. The molecule has 2 aromatic carbocycles. The molecule has 4 aliphatic rings. The Kier molecular flexibility index (Phi) is 8.78. The van der Waals surface area contributed by atoms with Gasteiger partial charge in [-0.1, -0.05) is 23.2 Å². The van der Waals surface area contributed by atoms with Crippen molar-refractivity contribution >= 4 is 58.3 Å². The monoisotopic (exact) mass is 564 g/mol. The Labute approximate surface area is 220 Å². The van der Waals surface area contributed by atoms with Crippen molar-refractivity contribution in [3.8, 4) is 0 Å². The van der Waals surface area contributed by atoms with Crippen molar-refractivity contribution < 1.29 is 38.4 Å². The summed E-state index contributed by atoms with van der Waals surface area (Å²) in [5, 5.41) is 11.6. The van der Waals surface area contributed by atoms with Crippen LogP contribution in [0.1, 0.15) is 20.7 Å². The SMILES string of the molecule is ClCCCl.O=C(O[C@H]1C2OC3O[C@@H]1C(O)[C@H](O3)[C@H]2OC(=O)c1ccc(Cl)cc1)c1ccc(Cl)cc1. The van der Waals surface area contributed by atoms with Gasteiger partial charge in [0.25, 0.3) is 6.48 Å². The number of alkyl halides is 2. The molecule has 3 heterocycles. The van der Waals surface area contributed by atoms with Crippen LogP contribution in [0.3, 0.4) is 0 Å². The number of benzene rings is 2. The fourth-order valence-corrected chi connectivity index (χ4v) is 4.16. The predicted octanol–water partition coefficient (Wildman–Crippen LogP) is 4.05. The molecule has 188 valence electrons. The molecule has 3 saturated heterocycles. The zero-order valence-electron chi connectivity index (χ0n) is 17.9. The van der Waals surface area contributed by atoms with Gasteiger partial charge in [-0.3, -0.25) is 0 Å². The Morgan fingerprint density at radius 2 is 1.09 bits per heavy atom. The highest BCUT2D eigenvalue weighted by Crippen LogP contribution is 2.42. The largest absolute Gasteiger partial charge is 0.453 e. The smallest absolute Gasteiger partial charge is 0.338 e. The fourth-order valence-electron chi connectivity index (χ4n) is 3.91. The molecular weight excluding hydrogens is 546 g/mol. The van der Waals surface area contributed by atoms with E-state index in [0.29, 0.717) is 21.8 Å². The van der Waals surface area contributed by atoms with Crippen LogP contribution in [-0.2, 0) is 23.7 Å². The van der Waals surface area contributed by atoms with Gasteiger partial charge in [0.15, 0.2) is 12.2 Å². The number of halogens is 4. The minimum atomic E-state index is -1.19. The van der Waals surface area contributed by atoms with Gasteiger partial charge in [-0.05, 0) is 48.5 Å². The number of hydrogen-bond donors (Lipinski definition) is 1. The molecule has 0 spiro atoms. The number of carbonyl (C=O) groups excluding carboxylic acids is 2. The highest BCUT2D eigenvalue weighted by molar-refractivity contribution is 6.31. The normalized spacial score (nSPS) is 30.3. The number of carbonyl (C=O) groups is 2. The third-order valence-corrected chi connectivity index (χ3v) is 6.57. The van der Waals surface area contributed by atoms with E-state index in [4.69, 9.17) is 70.1 Å². The van der Waals surface area contributed by atoms with Crippen molar-refractivity contribution in [1.82, 2.24) is 0 Å². The van der Waals surface area contributed by atoms with Gasteiger partial charge in [-0.25, -0.2) is 9.59 Å². The van der Waals surface area contributed by atoms with Crippen LogP contribution in [0.25, 0.3) is 0 Å². The molecule has 4 bridgehead atoms. The van der Waals surface area contributed by atoms with Crippen LogP contribution in [0.2, 0.25) is 10.0 Å². The lowest BCUT2D eigenvalue weighted by Gasteiger charge is -2.56. The van der Waals surface area contributed by atoms with Crippen molar-refractivity contribution in [2.75, 3.05) is 11.8 Å². The van der Waals surface area contributed by atoms with Crippen LogP contribution in [0.15, 0.2) is 48.5 Å². The summed E-state index contributed by atoms with van der Waals surface area (Å²) in [5.74, 6) is -0.196. The molecule has 1 N–H and O–H groups in total. The van der Waals surface area contributed by atoms with E-state index in [2.05, 4.69) is 0 Å². The van der Waals surface area contributed by atoms with Gasteiger partial charge in [0, 0.05) is 21.8 Å². The first-order valence-electron chi connectivity index (χ1n) is 10.5. The van der Waals surface area contributed by atoms with Crippen LogP contribution < -0.4 is 0 Å². The predicted molar refractivity (Wildman–Crippen MR) is 127 cm³/mol. The van der Waals surface area contributed by atoms with Crippen LogP contribution in [-0.4, -0.2) is 71.9 Å². The molecule has 4 fully saturated rings. The Balaban J connectivity index is 0.000000672. The summed E-state index contributed by atoms with van der Waals surface area (Å²) >= 11 is 21.8. The maximum atomic E-state index is 12.6. The summed E-state index contributed by atoms with van der Waals surface area (Å²) in [6, 6.07) is 12.3. The van der Waals surface area contributed by atoms with Gasteiger partial charge >= 0.3 is 11.9 Å². The van der Waals surface area contributed by atoms with Crippen molar-refractivity contribution in [2.45, 2.75) is 43.1 Å². The summed E-state index contributed by atoms with van der Waals surface area (Å²) in [6.07, 6.45) is -5.87. The van der Waals surface area contributed by atoms with Gasteiger partial charge in [0.1, 0.15) is 24.4 Å². The zero-order chi connectivity index (χ0) is 25.1. The van der Waals surface area contributed by atoms with Crippen LogP contribution in [0.5, 0.6) is 0 Å². The Hall–Kier alpha value is -1.62. The molecule has 12 heteroatoms. The molecule has 3 unspecified atom stereocenters.